The number of nitrogens with zero attached hydrogens (tertiary/aromatic N) is 1. The van der Waals surface area contributed by atoms with Gasteiger partial charge >= 0.3 is 5.97 Å². The van der Waals surface area contributed by atoms with Crippen molar-refractivity contribution in [3.63, 3.8) is 0 Å². The Balaban J connectivity index is 1.86. The van der Waals surface area contributed by atoms with Crippen LogP contribution >= 0.6 is 0 Å². The van der Waals surface area contributed by atoms with Gasteiger partial charge in [0.25, 0.3) is 0 Å². The first-order valence-electron chi connectivity index (χ1n) is 7.24. The van der Waals surface area contributed by atoms with Gasteiger partial charge in [0, 0.05) is 6.54 Å². The van der Waals surface area contributed by atoms with E-state index in [1.54, 1.807) is 4.90 Å². The van der Waals surface area contributed by atoms with Crippen LogP contribution in [0.5, 0.6) is 0 Å². The summed E-state index contributed by atoms with van der Waals surface area (Å²) in [6.07, 6.45) is 4.03. The first kappa shape index (κ1) is 13.2. The van der Waals surface area contributed by atoms with Crippen molar-refractivity contribution in [2.75, 3.05) is 6.54 Å². The Hall–Kier alpha value is -1.84. The average Bonchev–Trinajstić information content (AvgIpc) is 3.29. The topological polar surface area (TPSA) is 57.6 Å². The average molecular weight is 273 g/mol. The van der Waals surface area contributed by atoms with Crippen LogP contribution in [0, 0.1) is 0 Å². The lowest BCUT2D eigenvalue weighted by Crippen LogP contribution is -2.51. The van der Waals surface area contributed by atoms with E-state index in [-0.39, 0.29) is 5.91 Å². The van der Waals surface area contributed by atoms with Gasteiger partial charge in [-0.1, -0.05) is 30.3 Å². The number of hydrogen-bond acceptors (Lipinski definition) is 2. The van der Waals surface area contributed by atoms with Crippen LogP contribution in [0.3, 0.4) is 0 Å². The fraction of sp³-hybridized carbons (Fsp3) is 0.500. The molecule has 2 fully saturated rings. The van der Waals surface area contributed by atoms with Gasteiger partial charge in [0.2, 0.25) is 5.91 Å². The van der Waals surface area contributed by atoms with Crippen molar-refractivity contribution in [2.45, 2.75) is 43.6 Å². The standard InChI is InChI=1S/C16H19NO3/c18-14(19)13-8-4-5-11-17(13)15(20)16(9-10-16)12-6-2-1-3-7-12/h1-3,6-7,13H,4-5,8-11H2,(H,18,19). The lowest BCUT2D eigenvalue weighted by Gasteiger charge is -2.35. The molecule has 0 aromatic heterocycles. The number of piperidine rings is 1. The van der Waals surface area contributed by atoms with Crippen LogP contribution in [0.1, 0.15) is 37.7 Å². The van der Waals surface area contributed by atoms with Crippen molar-refractivity contribution in [1.29, 1.82) is 0 Å². The molecule has 3 rings (SSSR count). The summed E-state index contributed by atoms with van der Waals surface area (Å²) < 4.78 is 0. The number of aliphatic carboxylic acids is 1. The zero-order chi connectivity index (χ0) is 14.2. The number of benzene rings is 1. The van der Waals surface area contributed by atoms with Crippen LogP contribution in [0.25, 0.3) is 0 Å². The Morgan fingerprint density at radius 1 is 1.15 bits per heavy atom. The molecule has 20 heavy (non-hydrogen) atoms. The highest BCUT2D eigenvalue weighted by Crippen LogP contribution is 2.50. The molecule has 1 unspecified atom stereocenters. The molecular formula is C16H19NO3. The maximum absolute atomic E-state index is 12.9. The molecule has 1 N–H and O–H groups in total. The molecule has 0 bridgehead atoms. The van der Waals surface area contributed by atoms with Gasteiger partial charge in [-0.2, -0.15) is 0 Å². The summed E-state index contributed by atoms with van der Waals surface area (Å²) in [6, 6.07) is 9.12. The van der Waals surface area contributed by atoms with E-state index in [9.17, 15) is 14.7 Å². The molecule has 1 aliphatic carbocycles. The molecule has 1 saturated heterocycles. The van der Waals surface area contributed by atoms with Gasteiger partial charge < -0.3 is 10.0 Å². The summed E-state index contributed by atoms with van der Waals surface area (Å²) in [5.74, 6) is -0.863. The second kappa shape index (κ2) is 4.93. The fourth-order valence-electron chi connectivity index (χ4n) is 3.21. The zero-order valence-corrected chi connectivity index (χ0v) is 11.4. The van der Waals surface area contributed by atoms with Gasteiger partial charge in [0.05, 0.1) is 5.41 Å². The molecule has 1 aromatic carbocycles. The van der Waals surface area contributed by atoms with Gasteiger partial charge in [-0.05, 0) is 37.7 Å². The van der Waals surface area contributed by atoms with E-state index in [0.29, 0.717) is 13.0 Å². The Morgan fingerprint density at radius 2 is 1.85 bits per heavy atom. The van der Waals surface area contributed by atoms with E-state index >= 15 is 0 Å². The summed E-state index contributed by atoms with van der Waals surface area (Å²) in [7, 11) is 0. The quantitative estimate of drug-likeness (QED) is 0.918. The van der Waals surface area contributed by atoms with Crippen LogP contribution in [0.4, 0.5) is 0 Å². The monoisotopic (exact) mass is 273 g/mol. The van der Waals surface area contributed by atoms with Gasteiger partial charge in [0.15, 0.2) is 0 Å². The van der Waals surface area contributed by atoms with E-state index < -0.39 is 17.4 Å². The molecule has 1 aliphatic heterocycles. The van der Waals surface area contributed by atoms with Crippen LogP contribution in [-0.4, -0.2) is 34.5 Å². The molecular weight excluding hydrogens is 254 g/mol. The van der Waals surface area contributed by atoms with E-state index in [4.69, 9.17) is 0 Å². The number of carbonyl (C=O) groups excluding carboxylic acids is 1. The first-order valence-corrected chi connectivity index (χ1v) is 7.24. The van der Waals surface area contributed by atoms with E-state index in [2.05, 4.69) is 0 Å². The van der Waals surface area contributed by atoms with Crippen LogP contribution in [-0.2, 0) is 15.0 Å². The second-order valence-electron chi connectivity index (χ2n) is 5.80. The summed E-state index contributed by atoms with van der Waals surface area (Å²) in [5, 5.41) is 9.32. The molecule has 1 aromatic rings. The van der Waals surface area contributed by atoms with Gasteiger partial charge in [-0.25, -0.2) is 4.79 Å². The van der Waals surface area contributed by atoms with Gasteiger partial charge in [-0.15, -0.1) is 0 Å². The highest BCUT2D eigenvalue weighted by Gasteiger charge is 2.54. The molecule has 1 saturated carbocycles. The first-order chi connectivity index (χ1) is 9.65. The second-order valence-corrected chi connectivity index (χ2v) is 5.80. The predicted molar refractivity (Wildman–Crippen MR) is 74.3 cm³/mol. The number of carbonyl (C=O) groups is 2. The third-order valence-electron chi connectivity index (χ3n) is 4.53. The molecule has 2 aliphatic rings. The maximum Gasteiger partial charge on any atom is 0.326 e. The lowest BCUT2D eigenvalue weighted by molar-refractivity contribution is -0.153. The Bertz CT molecular complexity index is 522. The van der Waals surface area contributed by atoms with Crippen LogP contribution in [0.2, 0.25) is 0 Å². The third kappa shape index (κ3) is 2.09. The Kier molecular flexibility index (Phi) is 3.24. The molecule has 0 radical (unpaired) electrons. The van der Waals surface area contributed by atoms with Crippen molar-refractivity contribution in [3.05, 3.63) is 35.9 Å². The predicted octanol–water partition coefficient (Wildman–Crippen LogP) is 2.18. The van der Waals surface area contributed by atoms with Crippen molar-refractivity contribution >= 4 is 11.9 Å². The molecule has 4 nitrogen and oxygen atoms in total. The van der Waals surface area contributed by atoms with Crippen molar-refractivity contribution in [2.24, 2.45) is 0 Å². The highest BCUT2D eigenvalue weighted by atomic mass is 16.4. The summed E-state index contributed by atoms with van der Waals surface area (Å²) in [5.41, 5.74) is 0.575. The normalized spacial score (nSPS) is 24.2. The number of rotatable bonds is 3. The van der Waals surface area contributed by atoms with E-state index in [1.807, 2.05) is 30.3 Å². The smallest absolute Gasteiger partial charge is 0.326 e. The minimum Gasteiger partial charge on any atom is -0.480 e. The van der Waals surface area contributed by atoms with Gasteiger partial charge in [-0.3, -0.25) is 4.79 Å². The number of carboxylic acid groups (broad SMARTS) is 1. The number of hydrogen-bond donors (Lipinski definition) is 1. The van der Waals surface area contributed by atoms with Crippen LogP contribution < -0.4 is 0 Å². The Morgan fingerprint density at radius 3 is 2.45 bits per heavy atom. The molecule has 1 atom stereocenters. The molecule has 1 amide bonds. The molecule has 106 valence electrons. The van der Waals surface area contributed by atoms with E-state index in [0.717, 1.165) is 31.2 Å². The van der Waals surface area contributed by atoms with Crippen molar-refractivity contribution < 1.29 is 14.7 Å². The lowest BCUT2D eigenvalue weighted by atomic mass is 9.91. The van der Waals surface area contributed by atoms with Crippen LogP contribution in [0.15, 0.2) is 30.3 Å². The minimum atomic E-state index is -0.873. The van der Waals surface area contributed by atoms with Crippen molar-refractivity contribution in [3.8, 4) is 0 Å². The SMILES string of the molecule is O=C(O)C1CCCCN1C(=O)C1(c2ccccc2)CC1. The molecule has 4 heteroatoms. The zero-order valence-electron chi connectivity index (χ0n) is 11.4. The van der Waals surface area contributed by atoms with Crippen molar-refractivity contribution in [1.82, 2.24) is 4.90 Å². The number of carboxylic acids is 1. The molecule has 1 heterocycles. The summed E-state index contributed by atoms with van der Waals surface area (Å²) >= 11 is 0. The summed E-state index contributed by atoms with van der Waals surface area (Å²) in [6.45, 7) is 0.574. The number of amides is 1. The summed E-state index contributed by atoms with van der Waals surface area (Å²) in [4.78, 5) is 25.8. The Labute approximate surface area is 118 Å². The minimum absolute atomic E-state index is 0.0100. The molecule has 0 spiro atoms. The highest BCUT2D eigenvalue weighted by molar-refractivity contribution is 5.94. The largest absolute Gasteiger partial charge is 0.480 e. The fourth-order valence-corrected chi connectivity index (χ4v) is 3.21. The number of likely N-dealkylation sites (tertiary alicyclic amines) is 1. The van der Waals surface area contributed by atoms with Gasteiger partial charge in [0.1, 0.15) is 6.04 Å². The van der Waals surface area contributed by atoms with E-state index in [1.165, 1.54) is 0 Å². The third-order valence-corrected chi connectivity index (χ3v) is 4.53. The maximum atomic E-state index is 12.9.